The van der Waals surface area contributed by atoms with Crippen LogP contribution in [0.2, 0.25) is 0 Å². The lowest BCUT2D eigenvalue weighted by atomic mass is 10.1. The monoisotopic (exact) mass is 414 g/mol. The van der Waals surface area contributed by atoms with Crippen LogP contribution < -0.4 is 10.6 Å². The third-order valence-corrected chi connectivity index (χ3v) is 3.51. The van der Waals surface area contributed by atoms with E-state index >= 15 is 0 Å². The zero-order valence-corrected chi connectivity index (χ0v) is 16.2. The van der Waals surface area contributed by atoms with Gasteiger partial charge in [0, 0.05) is 37.2 Å². The van der Waals surface area contributed by atoms with Gasteiger partial charge in [0.05, 0.1) is 0 Å². The molecule has 0 bridgehead atoms. The Hall–Kier alpha value is -1.24. The van der Waals surface area contributed by atoms with Crippen molar-refractivity contribution in [2.75, 3.05) is 20.1 Å². The van der Waals surface area contributed by atoms with E-state index in [9.17, 15) is 0 Å². The maximum Gasteiger partial charge on any atom is 0.190 e. The second-order valence-electron chi connectivity index (χ2n) is 5.89. The lowest BCUT2D eigenvalue weighted by Gasteiger charge is -2.13. The van der Waals surface area contributed by atoms with Crippen molar-refractivity contribution in [1.82, 2.24) is 15.6 Å². The van der Waals surface area contributed by atoms with Crippen LogP contribution in [0.1, 0.15) is 25.0 Å². The number of nitrogens with one attached hydrogen (secondary N) is 3. The number of aliphatic imine (C=N–C) groups is 1. The Morgan fingerprint density at radius 2 is 2.05 bits per heavy atom. The fourth-order valence-electron chi connectivity index (χ4n) is 2.34. The average molecular weight is 414 g/mol. The molecule has 22 heavy (non-hydrogen) atoms. The normalized spacial score (nSPS) is 11.6. The molecule has 1 aromatic heterocycles. The van der Waals surface area contributed by atoms with Gasteiger partial charge in [-0.2, -0.15) is 0 Å². The number of halogens is 1. The Morgan fingerprint density at radius 3 is 2.73 bits per heavy atom. The van der Waals surface area contributed by atoms with E-state index in [2.05, 4.69) is 65.8 Å². The highest BCUT2D eigenvalue weighted by Gasteiger charge is 2.04. The summed E-state index contributed by atoms with van der Waals surface area (Å²) in [6, 6.07) is 6.55. The molecule has 3 N–H and O–H groups in total. The van der Waals surface area contributed by atoms with Gasteiger partial charge in [-0.3, -0.25) is 4.99 Å². The van der Waals surface area contributed by atoms with Crippen LogP contribution in [0.5, 0.6) is 0 Å². The number of fused-ring (bicyclic) bond motifs is 1. The number of aromatic nitrogens is 1. The Kier molecular flexibility index (Phi) is 7.72. The van der Waals surface area contributed by atoms with Crippen LogP contribution in [-0.4, -0.2) is 31.1 Å². The molecule has 1 aromatic carbocycles. The largest absolute Gasteiger partial charge is 0.361 e. The molecule has 0 aliphatic rings. The fraction of sp³-hybridized carbons (Fsp3) is 0.471. The number of guanidine groups is 1. The summed E-state index contributed by atoms with van der Waals surface area (Å²) in [6.07, 6.45) is 3.08. The number of nitrogens with zero attached hydrogens (tertiary/aromatic N) is 1. The van der Waals surface area contributed by atoms with Crippen molar-refractivity contribution in [1.29, 1.82) is 0 Å². The number of rotatable bonds is 5. The van der Waals surface area contributed by atoms with Crippen molar-refractivity contribution < 1.29 is 0 Å². The molecular formula is C17H27IN4. The first-order valence-corrected chi connectivity index (χ1v) is 7.61. The molecule has 2 aromatic rings. The van der Waals surface area contributed by atoms with Crippen LogP contribution in [0, 0.1) is 12.8 Å². The minimum atomic E-state index is 0. The van der Waals surface area contributed by atoms with Gasteiger partial charge in [0.2, 0.25) is 0 Å². The molecule has 0 spiro atoms. The highest BCUT2D eigenvalue weighted by molar-refractivity contribution is 14.0. The van der Waals surface area contributed by atoms with Gasteiger partial charge in [0.25, 0.3) is 0 Å². The third kappa shape index (κ3) is 5.19. The molecular weight excluding hydrogens is 387 g/mol. The predicted molar refractivity (Wildman–Crippen MR) is 106 cm³/mol. The number of hydrogen-bond acceptors (Lipinski definition) is 1. The van der Waals surface area contributed by atoms with Gasteiger partial charge in [-0.25, -0.2) is 0 Å². The SMILES string of the molecule is CN=C(NCCc1c[nH]c2cc(C)ccc12)NCC(C)C.I. The molecule has 0 saturated carbocycles. The molecule has 0 unspecified atom stereocenters. The number of aromatic amines is 1. The molecule has 5 heteroatoms. The molecule has 0 aliphatic carbocycles. The van der Waals surface area contributed by atoms with Gasteiger partial charge >= 0.3 is 0 Å². The number of H-pyrrole nitrogens is 1. The van der Waals surface area contributed by atoms with Crippen molar-refractivity contribution >= 4 is 40.8 Å². The highest BCUT2D eigenvalue weighted by atomic mass is 127. The van der Waals surface area contributed by atoms with E-state index in [1.165, 1.54) is 22.0 Å². The van der Waals surface area contributed by atoms with E-state index < -0.39 is 0 Å². The number of benzene rings is 1. The summed E-state index contributed by atoms with van der Waals surface area (Å²) in [5.74, 6) is 1.49. The number of aryl methyl sites for hydroxylation is 1. The van der Waals surface area contributed by atoms with Crippen LogP contribution in [0.25, 0.3) is 10.9 Å². The molecule has 0 fully saturated rings. The van der Waals surface area contributed by atoms with Crippen LogP contribution in [0.3, 0.4) is 0 Å². The van der Waals surface area contributed by atoms with Crippen LogP contribution in [0.15, 0.2) is 29.4 Å². The van der Waals surface area contributed by atoms with Gasteiger partial charge in [0.1, 0.15) is 0 Å². The van der Waals surface area contributed by atoms with Crippen LogP contribution >= 0.6 is 24.0 Å². The Morgan fingerprint density at radius 1 is 1.27 bits per heavy atom. The van der Waals surface area contributed by atoms with Crippen molar-refractivity contribution in [3.8, 4) is 0 Å². The van der Waals surface area contributed by atoms with E-state index in [1.54, 1.807) is 0 Å². The van der Waals surface area contributed by atoms with Gasteiger partial charge in [0.15, 0.2) is 5.96 Å². The summed E-state index contributed by atoms with van der Waals surface area (Å²) in [5, 5.41) is 8.00. The molecule has 4 nitrogen and oxygen atoms in total. The van der Waals surface area contributed by atoms with Crippen LogP contribution in [0.4, 0.5) is 0 Å². The quantitative estimate of drug-likeness (QED) is 0.399. The molecule has 0 saturated heterocycles. The molecule has 2 rings (SSSR count). The van der Waals surface area contributed by atoms with Crippen molar-refractivity contribution in [2.45, 2.75) is 27.2 Å². The Labute approximate surface area is 150 Å². The molecule has 0 atom stereocenters. The number of hydrogen-bond donors (Lipinski definition) is 3. The lowest BCUT2D eigenvalue weighted by molar-refractivity contribution is 0.614. The van der Waals surface area contributed by atoms with Crippen molar-refractivity contribution in [3.63, 3.8) is 0 Å². The zero-order chi connectivity index (χ0) is 15.2. The average Bonchev–Trinajstić information content (AvgIpc) is 2.84. The van der Waals surface area contributed by atoms with E-state index in [4.69, 9.17) is 0 Å². The molecule has 0 radical (unpaired) electrons. The van der Waals surface area contributed by atoms with E-state index in [1.807, 2.05) is 7.05 Å². The van der Waals surface area contributed by atoms with E-state index in [0.717, 1.165) is 25.5 Å². The second kappa shape index (κ2) is 9.02. The van der Waals surface area contributed by atoms with E-state index in [0.29, 0.717) is 5.92 Å². The summed E-state index contributed by atoms with van der Waals surface area (Å²) in [7, 11) is 1.81. The lowest BCUT2D eigenvalue weighted by Crippen LogP contribution is -2.39. The van der Waals surface area contributed by atoms with Gasteiger partial charge < -0.3 is 15.6 Å². The molecule has 0 aliphatic heterocycles. The Balaban J connectivity index is 0.00000242. The maximum atomic E-state index is 4.24. The van der Waals surface area contributed by atoms with Gasteiger partial charge in [-0.1, -0.05) is 26.0 Å². The smallest absolute Gasteiger partial charge is 0.190 e. The zero-order valence-electron chi connectivity index (χ0n) is 13.9. The summed E-state index contributed by atoms with van der Waals surface area (Å²) in [4.78, 5) is 7.59. The van der Waals surface area contributed by atoms with Crippen molar-refractivity contribution in [3.05, 3.63) is 35.5 Å². The first-order valence-electron chi connectivity index (χ1n) is 7.61. The molecule has 0 amide bonds. The van der Waals surface area contributed by atoms with E-state index in [-0.39, 0.29) is 24.0 Å². The summed E-state index contributed by atoms with van der Waals surface area (Å²) in [6.45, 7) is 8.30. The first kappa shape index (κ1) is 18.8. The summed E-state index contributed by atoms with van der Waals surface area (Å²) >= 11 is 0. The predicted octanol–water partition coefficient (Wildman–Crippen LogP) is 3.46. The minimum Gasteiger partial charge on any atom is -0.361 e. The summed E-state index contributed by atoms with van der Waals surface area (Å²) in [5.41, 5.74) is 3.84. The summed E-state index contributed by atoms with van der Waals surface area (Å²) < 4.78 is 0. The standard InChI is InChI=1S/C17H26N4.HI/c1-12(2)10-21-17(18-4)19-8-7-14-11-20-16-9-13(3)5-6-15(14)16;/h5-6,9,11-12,20H,7-8,10H2,1-4H3,(H2,18,19,21);1H. The van der Waals surface area contributed by atoms with Gasteiger partial charge in [-0.05, 0) is 36.5 Å². The van der Waals surface area contributed by atoms with Gasteiger partial charge in [-0.15, -0.1) is 24.0 Å². The van der Waals surface area contributed by atoms with Crippen LogP contribution in [-0.2, 0) is 6.42 Å². The maximum absolute atomic E-state index is 4.24. The Bertz CT molecular complexity index is 616. The minimum absolute atomic E-state index is 0. The fourth-order valence-corrected chi connectivity index (χ4v) is 2.34. The molecule has 122 valence electrons. The highest BCUT2D eigenvalue weighted by Crippen LogP contribution is 2.19. The first-order chi connectivity index (χ1) is 10.1. The topological polar surface area (TPSA) is 52.2 Å². The second-order valence-corrected chi connectivity index (χ2v) is 5.89. The van der Waals surface area contributed by atoms with Crippen molar-refractivity contribution in [2.24, 2.45) is 10.9 Å². The molecule has 1 heterocycles. The third-order valence-electron chi connectivity index (χ3n) is 3.51.